The third-order valence-electron chi connectivity index (χ3n) is 4.05. The van der Waals surface area contributed by atoms with Crippen LogP contribution in [0.2, 0.25) is 0 Å². The molecule has 3 rings (SSSR count). The molecule has 2 aromatic rings. The van der Waals surface area contributed by atoms with Crippen molar-refractivity contribution < 1.29 is 9.72 Å². The number of amides is 1. The summed E-state index contributed by atoms with van der Waals surface area (Å²) >= 11 is 0. The standard InChI is InChI=1S/C17H15N5O3/c18-10-12-5-6-14(16(9-12)22(24)25)20-15-4-2-8-21(17(15)23)13-3-1-7-19-11-13/h1,3,5-7,9,11,15,20H,2,4,8H2/t15-/m0/s1. The zero-order chi connectivity index (χ0) is 17.8. The first-order valence-corrected chi connectivity index (χ1v) is 7.76. The number of nitro benzene ring substituents is 1. The molecule has 1 atom stereocenters. The molecule has 0 radical (unpaired) electrons. The number of benzene rings is 1. The van der Waals surface area contributed by atoms with Gasteiger partial charge in [0, 0.05) is 18.8 Å². The third kappa shape index (κ3) is 3.40. The SMILES string of the molecule is N#Cc1ccc(N[C@H]2CCCN(c3cccnc3)C2=O)c([N+](=O)[O-])c1. The largest absolute Gasteiger partial charge is 0.368 e. The second-order valence-electron chi connectivity index (χ2n) is 5.64. The minimum atomic E-state index is -0.569. The summed E-state index contributed by atoms with van der Waals surface area (Å²) in [6.07, 6.45) is 4.59. The molecule has 1 saturated heterocycles. The fraction of sp³-hybridized carbons (Fsp3) is 0.235. The average Bonchev–Trinajstić information content (AvgIpc) is 2.64. The van der Waals surface area contributed by atoms with Crippen molar-refractivity contribution in [2.24, 2.45) is 0 Å². The van der Waals surface area contributed by atoms with Gasteiger partial charge in [0.25, 0.3) is 5.69 Å². The number of nitro groups is 1. The van der Waals surface area contributed by atoms with E-state index in [-0.39, 0.29) is 22.8 Å². The number of anilines is 2. The maximum absolute atomic E-state index is 12.7. The van der Waals surface area contributed by atoms with E-state index in [9.17, 15) is 14.9 Å². The molecule has 1 aromatic carbocycles. The zero-order valence-electron chi connectivity index (χ0n) is 13.3. The number of carbonyl (C=O) groups excluding carboxylic acids is 1. The van der Waals surface area contributed by atoms with Gasteiger partial charge in [-0.15, -0.1) is 0 Å². The Morgan fingerprint density at radius 2 is 2.24 bits per heavy atom. The Bertz CT molecular complexity index is 847. The monoisotopic (exact) mass is 337 g/mol. The van der Waals surface area contributed by atoms with Crippen LogP contribution in [-0.2, 0) is 4.79 Å². The lowest BCUT2D eigenvalue weighted by molar-refractivity contribution is -0.384. The summed E-state index contributed by atoms with van der Waals surface area (Å²) in [5.41, 5.74) is 0.915. The van der Waals surface area contributed by atoms with Gasteiger partial charge in [-0.25, -0.2) is 0 Å². The average molecular weight is 337 g/mol. The van der Waals surface area contributed by atoms with Gasteiger partial charge in [-0.3, -0.25) is 19.9 Å². The molecule has 2 heterocycles. The number of hydrogen-bond donors (Lipinski definition) is 1. The Balaban J connectivity index is 1.85. The van der Waals surface area contributed by atoms with Gasteiger partial charge in [0.1, 0.15) is 11.7 Å². The van der Waals surface area contributed by atoms with Crippen LogP contribution in [0.5, 0.6) is 0 Å². The predicted octanol–water partition coefficient (Wildman–Crippen LogP) is 2.47. The Kier molecular flexibility index (Phi) is 4.57. The van der Waals surface area contributed by atoms with Crippen molar-refractivity contribution >= 4 is 23.0 Å². The molecule has 1 aromatic heterocycles. The van der Waals surface area contributed by atoms with Gasteiger partial charge in [0.2, 0.25) is 5.91 Å². The van der Waals surface area contributed by atoms with Gasteiger partial charge in [-0.05, 0) is 37.1 Å². The Morgan fingerprint density at radius 3 is 2.92 bits per heavy atom. The van der Waals surface area contributed by atoms with E-state index in [4.69, 9.17) is 5.26 Å². The first-order chi connectivity index (χ1) is 12.1. The number of rotatable bonds is 4. The van der Waals surface area contributed by atoms with Crippen LogP contribution in [0.3, 0.4) is 0 Å². The van der Waals surface area contributed by atoms with E-state index in [2.05, 4.69) is 10.3 Å². The molecule has 1 aliphatic heterocycles. The van der Waals surface area contributed by atoms with Crippen molar-refractivity contribution in [2.75, 3.05) is 16.8 Å². The topological polar surface area (TPSA) is 112 Å². The fourth-order valence-corrected chi connectivity index (χ4v) is 2.84. The summed E-state index contributed by atoms with van der Waals surface area (Å²) in [4.78, 5) is 29.1. The van der Waals surface area contributed by atoms with Gasteiger partial charge >= 0.3 is 0 Å². The molecule has 1 N–H and O–H groups in total. The number of carbonyl (C=O) groups is 1. The molecule has 8 heteroatoms. The summed E-state index contributed by atoms with van der Waals surface area (Å²) in [6, 6.07) is 9.02. The Morgan fingerprint density at radius 1 is 1.40 bits per heavy atom. The van der Waals surface area contributed by atoms with E-state index in [1.165, 1.54) is 18.2 Å². The molecule has 0 saturated carbocycles. The molecule has 0 spiro atoms. The summed E-state index contributed by atoms with van der Waals surface area (Å²) in [6.45, 7) is 0.582. The van der Waals surface area contributed by atoms with Crippen LogP contribution in [-0.4, -0.2) is 28.4 Å². The number of nitrogens with one attached hydrogen (secondary N) is 1. The van der Waals surface area contributed by atoms with Crippen molar-refractivity contribution in [3.63, 3.8) is 0 Å². The Labute approximate surface area is 143 Å². The summed E-state index contributed by atoms with van der Waals surface area (Å²) in [7, 11) is 0. The maximum Gasteiger partial charge on any atom is 0.293 e. The van der Waals surface area contributed by atoms with Gasteiger partial charge < -0.3 is 10.2 Å². The van der Waals surface area contributed by atoms with E-state index in [0.29, 0.717) is 18.7 Å². The van der Waals surface area contributed by atoms with E-state index in [1.54, 1.807) is 29.4 Å². The number of piperidine rings is 1. The smallest absolute Gasteiger partial charge is 0.293 e. The van der Waals surface area contributed by atoms with E-state index in [1.807, 2.05) is 6.07 Å². The molecule has 0 aliphatic carbocycles. The van der Waals surface area contributed by atoms with Crippen molar-refractivity contribution in [1.29, 1.82) is 5.26 Å². The molecule has 0 bridgehead atoms. The fourth-order valence-electron chi connectivity index (χ4n) is 2.84. The van der Waals surface area contributed by atoms with Crippen molar-refractivity contribution in [3.05, 3.63) is 58.4 Å². The zero-order valence-corrected chi connectivity index (χ0v) is 13.3. The lowest BCUT2D eigenvalue weighted by Crippen LogP contribution is -2.47. The highest BCUT2D eigenvalue weighted by atomic mass is 16.6. The molecule has 126 valence electrons. The van der Waals surface area contributed by atoms with Gasteiger partial charge in [0.15, 0.2) is 0 Å². The number of aromatic nitrogens is 1. The number of pyridine rings is 1. The molecule has 1 aliphatic rings. The number of nitriles is 1. The number of nitrogens with zero attached hydrogens (tertiary/aromatic N) is 4. The molecule has 0 unspecified atom stereocenters. The molecule has 8 nitrogen and oxygen atoms in total. The summed E-state index contributed by atoms with van der Waals surface area (Å²) < 4.78 is 0. The highest BCUT2D eigenvalue weighted by Gasteiger charge is 2.31. The van der Waals surface area contributed by atoms with Gasteiger partial charge in [-0.2, -0.15) is 5.26 Å². The quantitative estimate of drug-likeness (QED) is 0.677. The van der Waals surface area contributed by atoms with Crippen molar-refractivity contribution in [1.82, 2.24) is 4.98 Å². The van der Waals surface area contributed by atoms with Crippen LogP contribution in [0, 0.1) is 21.4 Å². The van der Waals surface area contributed by atoms with E-state index < -0.39 is 11.0 Å². The normalized spacial score (nSPS) is 17.0. The van der Waals surface area contributed by atoms with Crippen LogP contribution in [0.4, 0.5) is 17.1 Å². The molecule has 1 fully saturated rings. The van der Waals surface area contributed by atoms with Crippen LogP contribution >= 0.6 is 0 Å². The van der Waals surface area contributed by atoms with Crippen LogP contribution in [0.25, 0.3) is 0 Å². The van der Waals surface area contributed by atoms with Gasteiger partial charge in [-0.1, -0.05) is 0 Å². The second-order valence-corrected chi connectivity index (χ2v) is 5.64. The van der Waals surface area contributed by atoms with Crippen molar-refractivity contribution in [2.45, 2.75) is 18.9 Å². The molecular weight excluding hydrogens is 322 g/mol. The molecule has 25 heavy (non-hydrogen) atoms. The van der Waals surface area contributed by atoms with Crippen molar-refractivity contribution in [3.8, 4) is 6.07 Å². The van der Waals surface area contributed by atoms with E-state index in [0.717, 1.165) is 6.42 Å². The summed E-state index contributed by atoms with van der Waals surface area (Å²) in [5, 5.41) is 23.1. The Hall–Kier alpha value is -3.47. The third-order valence-corrected chi connectivity index (χ3v) is 4.05. The maximum atomic E-state index is 12.7. The first-order valence-electron chi connectivity index (χ1n) is 7.76. The van der Waals surface area contributed by atoms with Gasteiger partial charge in [0.05, 0.1) is 28.4 Å². The van der Waals surface area contributed by atoms with Crippen LogP contribution < -0.4 is 10.2 Å². The lowest BCUT2D eigenvalue weighted by atomic mass is 10.0. The molecular formula is C17H15N5O3. The predicted molar refractivity (Wildman–Crippen MR) is 91.0 cm³/mol. The highest BCUT2D eigenvalue weighted by Crippen LogP contribution is 2.29. The molecule has 1 amide bonds. The first kappa shape index (κ1) is 16.4. The van der Waals surface area contributed by atoms with Crippen LogP contribution in [0.1, 0.15) is 18.4 Å². The minimum absolute atomic E-state index is 0.155. The summed E-state index contributed by atoms with van der Waals surface area (Å²) in [5.74, 6) is -0.155. The lowest BCUT2D eigenvalue weighted by Gasteiger charge is -2.32. The van der Waals surface area contributed by atoms with Crippen LogP contribution in [0.15, 0.2) is 42.7 Å². The van der Waals surface area contributed by atoms with E-state index >= 15 is 0 Å². The highest BCUT2D eigenvalue weighted by molar-refractivity contribution is 5.99. The minimum Gasteiger partial charge on any atom is -0.368 e. The number of hydrogen-bond acceptors (Lipinski definition) is 6. The second kappa shape index (κ2) is 6.97.